The fourth-order valence-electron chi connectivity index (χ4n) is 10.2. The van der Waals surface area contributed by atoms with E-state index in [0.717, 1.165) is 61.4 Å². The molecule has 0 amide bonds. The van der Waals surface area contributed by atoms with Crippen LogP contribution in [0.15, 0.2) is 247 Å². The molecule has 0 radical (unpaired) electrons. The van der Waals surface area contributed by atoms with E-state index in [1.54, 1.807) is 0 Å². The summed E-state index contributed by atoms with van der Waals surface area (Å²) in [6, 6.07) is 87.8. The van der Waals surface area contributed by atoms with E-state index in [0.29, 0.717) is 0 Å². The van der Waals surface area contributed by atoms with Gasteiger partial charge in [0.05, 0.1) is 16.7 Å². The Bertz CT molecular complexity index is 3910. The monoisotopic (exact) mass is 828 g/mol. The molecule has 0 aliphatic heterocycles. The highest BCUT2D eigenvalue weighted by Gasteiger charge is 2.20. The predicted octanol–water partition coefficient (Wildman–Crippen LogP) is 17.5. The molecule has 0 aliphatic carbocycles. The van der Waals surface area contributed by atoms with Gasteiger partial charge in [0.2, 0.25) is 0 Å². The van der Waals surface area contributed by atoms with Crippen LogP contribution in [0.25, 0.3) is 104 Å². The van der Waals surface area contributed by atoms with Crippen LogP contribution in [-0.4, -0.2) is 4.57 Å². The van der Waals surface area contributed by atoms with Crippen molar-refractivity contribution in [3.05, 3.63) is 243 Å². The number of para-hydroxylation sites is 3. The highest BCUT2D eigenvalue weighted by atomic mass is 16.3. The first-order valence-electron chi connectivity index (χ1n) is 22.2. The van der Waals surface area contributed by atoms with E-state index in [1.807, 2.05) is 12.1 Å². The van der Waals surface area contributed by atoms with Crippen LogP contribution in [0.5, 0.6) is 0 Å². The molecular weight excluding hydrogens is 789 g/mol. The zero-order chi connectivity index (χ0) is 42.8. The zero-order valence-corrected chi connectivity index (χ0v) is 35.4. The third kappa shape index (κ3) is 6.12. The van der Waals surface area contributed by atoms with Crippen molar-refractivity contribution in [2.75, 3.05) is 4.90 Å². The Balaban J connectivity index is 0.922. The Kier molecular flexibility index (Phi) is 8.53. The van der Waals surface area contributed by atoms with Gasteiger partial charge in [-0.05, 0) is 122 Å². The molecule has 0 fully saturated rings. The summed E-state index contributed by atoms with van der Waals surface area (Å²) < 4.78 is 8.72. The van der Waals surface area contributed by atoms with Crippen molar-refractivity contribution in [3.8, 4) is 39.1 Å². The van der Waals surface area contributed by atoms with E-state index in [-0.39, 0.29) is 0 Å². The molecule has 65 heavy (non-hydrogen) atoms. The van der Waals surface area contributed by atoms with Crippen molar-refractivity contribution in [2.45, 2.75) is 0 Å². The molecule has 0 spiro atoms. The van der Waals surface area contributed by atoms with E-state index < -0.39 is 0 Å². The Morgan fingerprint density at radius 3 is 1.68 bits per heavy atom. The molecule has 3 nitrogen and oxygen atoms in total. The quantitative estimate of drug-likeness (QED) is 0.149. The normalized spacial score (nSPS) is 11.7. The Morgan fingerprint density at radius 1 is 0.323 bits per heavy atom. The molecule has 13 rings (SSSR count). The van der Waals surface area contributed by atoms with Crippen molar-refractivity contribution in [3.63, 3.8) is 0 Å². The summed E-state index contributed by atoms with van der Waals surface area (Å²) in [4.78, 5) is 2.42. The predicted molar refractivity (Wildman–Crippen MR) is 274 cm³/mol. The van der Waals surface area contributed by atoms with Gasteiger partial charge in [-0.25, -0.2) is 0 Å². The summed E-state index contributed by atoms with van der Waals surface area (Å²) in [7, 11) is 0. The first-order valence-corrected chi connectivity index (χ1v) is 22.2. The molecule has 0 N–H and O–H groups in total. The number of benzene rings is 11. The number of furan rings is 1. The molecule has 0 bridgehead atoms. The third-order valence-electron chi connectivity index (χ3n) is 13.1. The first kappa shape index (κ1) is 36.9. The summed E-state index contributed by atoms with van der Waals surface area (Å²) in [5, 5.41) is 9.65. The highest BCUT2D eigenvalue weighted by molar-refractivity contribution is 6.16. The van der Waals surface area contributed by atoms with Crippen LogP contribution < -0.4 is 4.90 Å². The van der Waals surface area contributed by atoms with Crippen LogP contribution in [-0.2, 0) is 0 Å². The summed E-state index contributed by atoms with van der Waals surface area (Å²) >= 11 is 0. The molecule has 2 aromatic heterocycles. The van der Waals surface area contributed by atoms with E-state index >= 15 is 0 Å². The molecular formula is C62H40N2O. The van der Waals surface area contributed by atoms with Crippen LogP contribution in [0.4, 0.5) is 17.1 Å². The number of anilines is 3. The summed E-state index contributed by atoms with van der Waals surface area (Å²) in [5.74, 6) is 0. The van der Waals surface area contributed by atoms with Gasteiger partial charge in [0, 0.05) is 44.0 Å². The number of fused-ring (bicyclic) bond motifs is 9. The van der Waals surface area contributed by atoms with Crippen molar-refractivity contribution in [2.24, 2.45) is 0 Å². The molecule has 3 heteroatoms. The molecule has 2 heterocycles. The third-order valence-corrected chi connectivity index (χ3v) is 13.1. The molecule has 0 saturated carbocycles. The maximum Gasteiger partial charge on any atom is 0.136 e. The summed E-state index contributed by atoms with van der Waals surface area (Å²) in [6.07, 6.45) is 0. The van der Waals surface area contributed by atoms with Crippen LogP contribution in [0.2, 0.25) is 0 Å². The molecule has 11 aromatic carbocycles. The van der Waals surface area contributed by atoms with Gasteiger partial charge in [-0.2, -0.15) is 0 Å². The minimum absolute atomic E-state index is 0.891. The Morgan fingerprint density at radius 2 is 0.892 bits per heavy atom. The number of hydrogen-bond acceptors (Lipinski definition) is 2. The lowest BCUT2D eigenvalue weighted by molar-refractivity contribution is 0.669. The van der Waals surface area contributed by atoms with Crippen molar-refractivity contribution < 1.29 is 4.42 Å². The van der Waals surface area contributed by atoms with Gasteiger partial charge in [-0.3, -0.25) is 0 Å². The minimum Gasteiger partial charge on any atom is -0.456 e. The van der Waals surface area contributed by atoms with Crippen LogP contribution >= 0.6 is 0 Å². The fraction of sp³-hybridized carbons (Fsp3) is 0. The largest absolute Gasteiger partial charge is 0.456 e. The first-order chi connectivity index (χ1) is 32.2. The van der Waals surface area contributed by atoms with Crippen LogP contribution in [0.1, 0.15) is 0 Å². The van der Waals surface area contributed by atoms with Crippen LogP contribution in [0, 0.1) is 0 Å². The average molecular weight is 829 g/mol. The second-order valence-electron chi connectivity index (χ2n) is 16.9. The topological polar surface area (TPSA) is 21.3 Å². The second kappa shape index (κ2) is 15.0. The number of nitrogens with zero attached hydrogens (tertiary/aromatic N) is 2. The maximum atomic E-state index is 6.34. The van der Waals surface area contributed by atoms with Crippen LogP contribution in [0.3, 0.4) is 0 Å². The maximum absolute atomic E-state index is 6.34. The van der Waals surface area contributed by atoms with Gasteiger partial charge in [-0.1, -0.05) is 170 Å². The van der Waals surface area contributed by atoms with E-state index in [1.165, 1.54) is 60.0 Å². The summed E-state index contributed by atoms with van der Waals surface area (Å²) in [5.41, 5.74) is 15.6. The number of rotatable bonds is 7. The van der Waals surface area contributed by atoms with Crippen molar-refractivity contribution >= 4 is 82.4 Å². The Hall–Kier alpha value is -8.66. The fourth-order valence-corrected chi connectivity index (χ4v) is 10.2. The molecule has 0 unspecified atom stereocenters. The van der Waals surface area contributed by atoms with Gasteiger partial charge >= 0.3 is 0 Å². The molecule has 13 aromatic rings. The SMILES string of the molecule is c1cc(-c2ccc(N(c3cccc(-c4cccc5oc6ccccc6c45)c3)c3cc4ccccc4c4ccccc34)cc2)cc(-c2cccc(-n3c4ccccc4c4ccccc43)c2)c1. The lowest BCUT2D eigenvalue weighted by Crippen LogP contribution is -2.10. The van der Waals surface area contributed by atoms with Crippen molar-refractivity contribution in [1.82, 2.24) is 4.57 Å². The van der Waals surface area contributed by atoms with Gasteiger partial charge in [0.15, 0.2) is 0 Å². The van der Waals surface area contributed by atoms with Gasteiger partial charge in [-0.15, -0.1) is 0 Å². The number of aromatic nitrogens is 1. The smallest absolute Gasteiger partial charge is 0.136 e. The van der Waals surface area contributed by atoms with Gasteiger partial charge in [0.1, 0.15) is 11.2 Å². The molecule has 0 saturated heterocycles. The van der Waals surface area contributed by atoms with Gasteiger partial charge < -0.3 is 13.9 Å². The second-order valence-corrected chi connectivity index (χ2v) is 16.9. The zero-order valence-electron chi connectivity index (χ0n) is 35.4. The highest BCUT2D eigenvalue weighted by Crippen LogP contribution is 2.45. The van der Waals surface area contributed by atoms with E-state index in [2.05, 4.69) is 240 Å². The molecule has 0 atom stereocenters. The molecule has 0 aliphatic rings. The average Bonchev–Trinajstić information content (AvgIpc) is 3.93. The standard InChI is InChI=1S/C62H40N2O/c1-2-22-50-46(15-1)40-59(53-24-4-3-23-52(50)53)63(48-20-13-19-45(39-48)51-28-14-32-61-62(51)56-27-7-10-31-60(56)65-61)47-35-33-41(34-36-47)42-16-11-17-43(37-42)44-18-12-21-49(38-44)64-57-29-8-5-25-54(57)55-26-6-9-30-58(55)64/h1-40H. The summed E-state index contributed by atoms with van der Waals surface area (Å²) in [6.45, 7) is 0. The molecule has 304 valence electrons. The minimum atomic E-state index is 0.891. The van der Waals surface area contributed by atoms with Gasteiger partial charge in [0.25, 0.3) is 0 Å². The lowest BCUT2D eigenvalue weighted by atomic mass is 9.96. The Labute approximate surface area is 376 Å². The van der Waals surface area contributed by atoms with Crippen molar-refractivity contribution in [1.29, 1.82) is 0 Å². The van der Waals surface area contributed by atoms with E-state index in [4.69, 9.17) is 4.42 Å². The lowest BCUT2D eigenvalue weighted by Gasteiger charge is -2.28. The number of hydrogen-bond donors (Lipinski definition) is 0. The van der Waals surface area contributed by atoms with E-state index in [9.17, 15) is 0 Å².